The van der Waals surface area contributed by atoms with Crippen LogP contribution >= 0.6 is 11.8 Å². The van der Waals surface area contributed by atoms with Gasteiger partial charge in [0.1, 0.15) is 0 Å². The van der Waals surface area contributed by atoms with Gasteiger partial charge in [-0.1, -0.05) is 25.5 Å². The van der Waals surface area contributed by atoms with Crippen LogP contribution in [0.25, 0.3) is 0 Å². The number of nitro benzene ring substituents is 1. The third-order valence-electron chi connectivity index (χ3n) is 3.69. The number of thioether (sulfide) groups is 1. The second-order valence-corrected chi connectivity index (χ2v) is 6.72. The summed E-state index contributed by atoms with van der Waals surface area (Å²) in [6.45, 7) is 2.14. The summed E-state index contributed by atoms with van der Waals surface area (Å²) in [5.41, 5.74) is 0.852. The van der Waals surface area contributed by atoms with Gasteiger partial charge in [0.25, 0.3) is 5.69 Å². The fourth-order valence-corrected chi connectivity index (χ4v) is 3.88. The van der Waals surface area contributed by atoms with E-state index in [-0.39, 0.29) is 24.1 Å². The number of nitrogens with zero attached hydrogens (tertiary/aromatic N) is 1. The molecule has 0 bridgehead atoms. The Kier molecular flexibility index (Phi) is 5.61. The van der Waals surface area contributed by atoms with Crippen LogP contribution in [-0.2, 0) is 11.2 Å². The molecule has 1 aromatic carbocycles. The van der Waals surface area contributed by atoms with Gasteiger partial charge in [-0.15, -0.1) is 0 Å². The largest absolute Gasteiger partial charge is 0.352 e. The number of nitrogens with one attached hydrogen (secondary N) is 1. The molecular formula is C15H20N2O3S. The number of carbonyl (C=O) groups excluding carboxylic acids is 1. The molecule has 2 atom stereocenters. The van der Waals surface area contributed by atoms with E-state index in [0.29, 0.717) is 5.25 Å². The second kappa shape index (κ2) is 7.45. The standard InChI is InChI=1S/C15H20N2O3S/c1-2-21-14-5-3-4-13(14)16-15(18)10-11-6-8-12(9-7-11)17(19)20/h6-9,13-14H,2-5,10H2,1H3,(H,16,18)/t13-,14-/m0/s1. The van der Waals surface area contributed by atoms with E-state index >= 15 is 0 Å². The number of carbonyl (C=O) groups is 1. The van der Waals surface area contributed by atoms with E-state index in [4.69, 9.17) is 0 Å². The van der Waals surface area contributed by atoms with Crippen LogP contribution in [0.1, 0.15) is 31.7 Å². The van der Waals surface area contributed by atoms with Crippen molar-refractivity contribution in [1.82, 2.24) is 5.32 Å². The minimum Gasteiger partial charge on any atom is -0.352 e. The number of rotatable bonds is 6. The Hall–Kier alpha value is -1.56. The smallest absolute Gasteiger partial charge is 0.269 e. The van der Waals surface area contributed by atoms with E-state index < -0.39 is 4.92 Å². The van der Waals surface area contributed by atoms with Crippen LogP contribution in [0.2, 0.25) is 0 Å². The molecule has 1 aliphatic rings. The number of hydrogen-bond donors (Lipinski definition) is 1. The summed E-state index contributed by atoms with van der Waals surface area (Å²) in [4.78, 5) is 22.2. The fourth-order valence-electron chi connectivity index (χ4n) is 2.68. The van der Waals surface area contributed by atoms with E-state index in [0.717, 1.165) is 17.7 Å². The lowest BCUT2D eigenvalue weighted by molar-refractivity contribution is -0.384. The first-order valence-corrected chi connectivity index (χ1v) is 8.29. The molecule has 0 aromatic heterocycles. The maximum absolute atomic E-state index is 12.1. The van der Waals surface area contributed by atoms with Crippen LogP contribution in [0.15, 0.2) is 24.3 Å². The van der Waals surface area contributed by atoms with Crippen LogP contribution in [0, 0.1) is 10.1 Å². The van der Waals surface area contributed by atoms with Gasteiger partial charge in [0.2, 0.25) is 5.91 Å². The van der Waals surface area contributed by atoms with Gasteiger partial charge in [-0.25, -0.2) is 0 Å². The van der Waals surface area contributed by atoms with Gasteiger partial charge in [0.15, 0.2) is 0 Å². The molecule has 1 saturated carbocycles. The minimum absolute atomic E-state index is 0.00236. The quantitative estimate of drug-likeness (QED) is 0.648. The van der Waals surface area contributed by atoms with E-state index in [1.165, 1.54) is 25.0 Å². The molecule has 0 radical (unpaired) electrons. The Balaban J connectivity index is 1.88. The lowest BCUT2D eigenvalue weighted by Gasteiger charge is -2.20. The topological polar surface area (TPSA) is 72.2 Å². The molecule has 1 N–H and O–H groups in total. The highest BCUT2D eigenvalue weighted by molar-refractivity contribution is 7.99. The maximum atomic E-state index is 12.1. The number of hydrogen-bond acceptors (Lipinski definition) is 4. The van der Waals surface area contributed by atoms with Gasteiger partial charge in [-0.2, -0.15) is 11.8 Å². The second-order valence-electron chi connectivity index (χ2n) is 5.20. The summed E-state index contributed by atoms with van der Waals surface area (Å²) in [5.74, 6) is 1.07. The van der Waals surface area contributed by atoms with Gasteiger partial charge in [-0.05, 0) is 24.2 Å². The molecule has 0 spiro atoms. The molecule has 21 heavy (non-hydrogen) atoms. The van der Waals surface area contributed by atoms with Crippen LogP contribution < -0.4 is 5.32 Å². The van der Waals surface area contributed by atoms with Gasteiger partial charge in [0, 0.05) is 23.4 Å². The third kappa shape index (κ3) is 4.46. The van der Waals surface area contributed by atoms with Crippen LogP contribution in [-0.4, -0.2) is 27.9 Å². The Bertz CT molecular complexity index is 504. The van der Waals surface area contributed by atoms with Crippen molar-refractivity contribution in [2.45, 2.75) is 43.9 Å². The van der Waals surface area contributed by atoms with E-state index in [9.17, 15) is 14.9 Å². The average Bonchev–Trinajstić information content (AvgIpc) is 2.87. The average molecular weight is 308 g/mol. The lowest BCUT2D eigenvalue weighted by Crippen LogP contribution is -2.39. The monoisotopic (exact) mass is 308 g/mol. The third-order valence-corrected chi connectivity index (χ3v) is 5.02. The molecular weight excluding hydrogens is 288 g/mol. The Morgan fingerprint density at radius 1 is 1.38 bits per heavy atom. The van der Waals surface area contributed by atoms with Crippen molar-refractivity contribution in [2.75, 3.05) is 5.75 Å². The van der Waals surface area contributed by atoms with Crippen LogP contribution in [0.4, 0.5) is 5.69 Å². The number of amides is 1. The lowest BCUT2D eigenvalue weighted by atomic mass is 10.1. The molecule has 0 aliphatic heterocycles. The first-order valence-electron chi connectivity index (χ1n) is 7.24. The summed E-state index contributed by atoms with van der Waals surface area (Å²) >= 11 is 1.91. The normalized spacial score (nSPS) is 21.2. The Morgan fingerprint density at radius 2 is 2.10 bits per heavy atom. The molecule has 114 valence electrons. The molecule has 6 heteroatoms. The molecule has 0 unspecified atom stereocenters. The molecule has 1 fully saturated rings. The highest BCUT2D eigenvalue weighted by Crippen LogP contribution is 2.29. The zero-order chi connectivity index (χ0) is 15.2. The van der Waals surface area contributed by atoms with Crippen LogP contribution in [0.5, 0.6) is 0 Å². The fraction of sp³-hybridized carbons (Fsp3) is 0.533. The molecule has 0 heterocycles. The highest BCUT2D eigenvalue weighted by Gasteiger charge is 2.28. The van der Waals surface area contributed by atoms with Crippen molar-refractivity contribution < 1.29 is 9.72 Å². The molecule has 2 rings (SSSR count). The van der Waals surface area contributed by atoms with Gasteiger partial charge < -0.3 is 5.32 Å². The molecule has 5 nitrogen and oxygen atoms in total. The first kappa shape index (κ1) is 15.8. The van der Waals surface area contributed by atoms with Crippen molar-refractivity contribution >= 4 is 23.4 Å². The zero-order valence-corrected chi connectivity index (χ0v) is 12.9. The number of nitro groups is 1. The minimum atomic E-state index is -0.436. The van der Waals surface area contributed by atoms with Crippen molar-refractivity contribution in [3.63, 3.8) is 0 Å². The van der Waals surface area contributed by atoms with Crippen molar-refractivity contribution in [3.8, 4) is 0 Å². The zero-order valence-electron chi connectivity index (χ0n) is 12.1. The molecule has 1 amide bonds. The number of benzene rings is 1. The SMILES string of the molecule is CCS[C@H]1CCC[C@@H]1NC(=O)Cc1ccc([N+](=O)[O-])cc1. The predicted molar refractivity (Wildman–Crippen MR) is 84.5 cm³/mol. The van der Waals surface area contributed by atoms with E-state index in [1.807, 2.05) is 11.8 Å². The first-order chi connectivity index (χ1) is 10.1. The summed E-state index contributed by atoms with van der Waals surface area (Å²) in [6.07, 6.45) is 3.66. The van der Waals surface area contributed by atoms with E-state index in [1.54, 1.807) is 12.1 Å². The van der Waals surface area contributed by atoms with Crippen LogP contribution in [0.3, 0.4) is 0 Å². The van der Waals surface area contributed by atoms with Crippen molar-refractivity contribution in [1.29, 1.82) is 0 Å². The van der Waals surface area contributed by atoms with Gasteiger partial charge in [-0.3, -0.25) is 14.9 Å². The van der Waals surface area contributed by atoms with Crippen molar-refractivity contribution in [2.24, 2.45) is 0 Å². The Labute approximate surface area is 128 Å². The van der Waals surface area contributed by atoms with Gasteiger partial charge in [0.05, 0.1) is 11.3 Å². The summed E-state index contributed by atoms with van der Waals surface area (Å²) in [5, 5.41) is 14.2. The highest BCUT2D eigenvalue weighted by atomic mass is 32.2. The van der Waals surface area contributed by atoms with Crippen molar-refractivity contribution in [3.05, 3.63) is 39.9 Å². The predicted octanol–water partition coefficient (Wildman–Crippen LogP) is 2.93. The number of non-ortho nitro benzene ring substituents is 1. The Morgan fingerprint density at radius 3 is 2.71 bits per heavy atom. The summed E-state index contributed by atoms with van der Waals surface area (Å²) in [6, 6.07) is 6.43. The van der Waals surface area contributed by atoms with E-state index in [2.05, 4.69) is 12.2 Å². The molecule has 0 saturated heterocycles. The summed E-state index contributed by atoms with van der Waals surface area (Å²) < 4.78 is 0. The van der Waals surface area contributed by atoms with Gasteiger partial charge >= 0.3 is 0 Å². The molecule has 1 aromatic rings. The molecule has 1 aliphatic carbocycles. The summed E-state index contributed by atoms with van der Waals surface area (Å²) in [7, 11) is 0. The maximum Gasteiger partial charge on any atom is 0.269 e.